The molecule has 3 heterocycles. The van der Waals surface area contributed by atoms with Crippen molar-refractivity contribution in [2.75, 3.05) is 18.5 Å². The lowest BCUT2D eigenvalue weighted by Gasteiger charge is -2.18. The Morgan fingerprint density at radius 2 is 1.49 bits per heavy atom. The lowest BCUT2D eigenvalue weighted by Crippen LogP contribution is -2.35. The number of amides is 1. The Bertz CT molecular complexity index is 1300. The Hall–Kier alpha value is -4.08. The number of fused-ring (bicyclic) bond motifs is 1. The van der Waals surface area contributed by atoms with Crippen molar-refractivity contribution in [3.05, 3.63) is 84.9 Å². The molecule has 2 aliphatic heterocycles. The van der Waals surface area contributed by atoms with Crippen LogP contribution in [0.1, 0.15) is 6.04 Å². The normalized spacial score (nSPS) is 23.1. The topological polar surface area (TPSA) is 100 Å². The van der Waals surface area contributed by atoms with Crippen molar-refractivity contribution in [2.24, 2.45) is 0 Å². The van der Waals surface area contributed by atoms with Crippen LogP contribution in [0.25, 0.3) is 22.5 Å². The molecule has 3 aromatic carbocycles. The third-order valence-corrected chi connectivity index (χ3v) is 6.32. The van der Waals surface area contributed by atoms with Crippen molar-refractivity contribution < 1.29 is 19.0 Å². The third kappa shape index (κ3) is 4.27. The Kier molecular flexibility index (Phi) is 5.69. The number of benzene rings is 3. The van der Waals surface area contributed by atoms with Gasteiger partial charge in [-0.1, -0.05) is 72.8 Å². The van der Waals surface area contributed by atoms with Gasteiger partial charge in [0, 0.05) is 11.3 Å². The van der Waals surface area contributed by atoms with Crippen molar-refractivity contribution in [3.63, 3.8) is 0 Å². The van der Waals surface area contributed by atoms with E-state index in [4.69, 9.17) is 14.2 Å². The highest BCUT2D eigenvalue weighted by atomic mass is 16.6. The molecule has 0 unspecified atom stereocenters. The van der Waals surface area contributed by atoms with Crippen LogP contribution < -0.4 is 5.32 Å². The number of nitrogens with zero attached hydrogens (tertiary/aromatic N) is 4. The van der Waals surface area contributed by atoms with Gasteiger partial charge in [-0.2, -0.15) is 0 Å². The van der Waals surface area contributed by atoms with Crippen molar-refractivity contribution in [1.82, 2.24) is 20.2 Å². The van der Waals surface area contributed by atoms with Crippen LogP contribution in [0.5, 0.6) is 0 Å². The van der Waals surface area contributed by atoms with Gasteiger partial charge in [0.15, 0.2) is 11.9 Å². The maximum absolute atomic E-state index is 12.4. The Morgan fingerprint density at radius 3 is 2.26 bits per heavy atom. The molecule has 0 saturated carbocycles. The lowest BCUT2D eigenvalue weighted by molar-refractivity contribution is 0.00774. The molecular formula is C26H23N5O4. The minimum atomic E-state index is -0.542. The van der Waals surface area contributed by atoms with E-state index >= 15 is 0 Å². The van der Waals surface area contributed by atoms with Gasteiger partial charge >= 0.3 is 6.09 Å². The SMILES string of the molecule is O=C(Nc1ccccc1)O[C@@H]1CO[C@H]2[C@H]1OC[C@H]2n1nnnc1-c1ccc(-c2ccccc2)cc1. The number of ether oxygens (including phenoxy) is 3. The van der Waals surface area contributed by atoms with Crippen LogP contribution in [-0.4, -0.2) is 57.8 Å². The highest BCUT2D eigenvalue weighted by Crippen LogP contribution is 2.37. The van der Waals surface area contributed by atoms with E-state index in [2.05, 4.69) is 45.1 Å². The number of hydrogen-bond donors (Lipinski definition) is 1. The summed E-state index contributed by atoms with van der Waals surface area (Å²) in [5, 5.41) is 15.1. The molecule has 1 N–H and O–H groups in total. The Morgan fingerprint density at radius 1 is 0.829 bits per heavy atom. The van der Waals surface area contributed by atoms with Gasteiger partial charge in [-0.3, -0.25) is 5.32 Å². The summed E-state index contributed by atoms with van der Waals surface area (Å²) in [4.78, 5) is 12.4. The summed E-state index contributed by atoms with van der Waals surface area (Å²) in [7, 11) is 0. The van der Waals surface area contributed by atoms with Crippen LogP contribution in [0.3, 0.4) is 0 Å². The summed E-state index contributed by atoms with van der Waals surface area (Å²) in [6, 6.07) is 27.2. The average molecular weight is 470 g/mol. The van der Waals surface area contributed by atoms with Crippen LogP contribution in [0.2, 0.25) is 0 Å². The molecule has 0 aliphatic carbocycles. The zero-order chi connectivity index (χ0) is 23.6. The number of carbonyl (C=O) groups excluding carboxylic acids is 1. The molecule has 2 saturated heterocycles. The standard InChI is InChI=1S/C26H23N5O4/c32-26(27-20-9-5-2-6-10-20)35-22-16-34-23-21(15-33-24(22)23)31-25(28-29-30-31)19-13-11-18(12-14-19)17-7-3-1-4-8-17/h1-14,21-24H,15-16H2,(H,27,32)/t21-,22-,23-,24+/m1/s1. The average Bonchev–Trinajstić information content (AvgIpc) is 3.63. The van der Waals surface area contributed by atoms with Crippen molar-refractivity contribution in [1.29, 1.82) is 0 Å². The summed E-state index contributed by atoms with van der Waals surface area (Å²) in [5.74, 6) is 0.633. The molecular weight excluding hydrogens is 446 g/mol. The molecule has 9 nitrogen and oxygen atoms in total. The van der Waals surface area contributed by atoms with E-state index in [1.807, 2.05) is 48.5 Å². The first-order valence-corrected chi connectivity index (χ1v) is 11.5. The third-order valence-electron chi connectivity index (χ3n) is 6.32. The van der Waals surface area contributed by atoms with Crippen LogP contribution in [0.4, 0.5) is 10.5 Å². The number of nitrogens with one attached hydrogen (secondary N) is 1. The summed E-state index contributed by atoms with van der Waals surface area (Å²) in [6.45, 7) is 0.604. The number of carbonyl (C=O) groups is 1. The van der Waals surface area contributed by atoms with E-state index in [0.29, 0.717) is 18.1 Å². The molecule has 4 aromatic rings. The molecule has 35 heavy (non-hydrogen) atoms. The van der Waals surface area contributed by atoms with Gasteiger partial charge in [0.1, 0.15) is 18.2 Å². The smallest absolute Gasteiger partial charge is 0.412 e. The van der Waals surface area contributed by atoms with Crippen LogP contribution in [0.15, 0.2) is 84.9 Å². The predicted octanol–water partition coefficient (Wildman–Crippen LogP) is 3.96. The first kappa shape index (κ1) is 21.5. The zero-order valence-electron chi connectivity index (χ0n) is 18.7. The van der Waals surface area contributed by atoms with Gasteiger partial charge in [0.2, 0.25) is 0 Å². The summed E-state index contributed by atoms with van der Waals surface area (Å²) >= 11 is 0. The number of hydrogen-bond acceptors (Lipinski definition) is 7. The second kappa shape index (κ2) is 9.28. The molecule has 0 bridgehead atoms. The number of tetrazole rings is 1. The second-order valence-corrected chi connectivity index (χ2v) is 8.49. The fourth-order valence-electron chi connectivity index (χ4n) is 4.61. The Balaban J connectivity index is 1.15. The highest BCUT2D eigenvalue weighted by Gasteiger charge is 2.51. The first-order valence-electron chi connectivity index (χ1n) is 11.5. The summed E-state index contributed by atoms with van der Waals surface area (Å²) < 4.78 is 19.3. The maximum atomic E-state index is 12.4. The second-order valence-electron chi connectivity index (χ2n) is 8.49. The molecule has 176 valence electrons. The van der Waals surface area contributed by atoms with Gasteiger partial charge in [-0.15, -0.1) is 5.10 Å². The predicted molar refractivity (Wildman–Crippen MR) is 128 cm³/mol. The molecule has 1 amide bonds. The maximum Gasteiger partial charge on any atom is 0.412 e. The zero-order valence-corrected chi connectivity index (χ0v) is 18.7. The number of aromatic nitrogens is 4. The molecule has 6 rings (SSSR count). The monoisotopic (exact) mass is 469 g/mol. The quantitative estimate of drug-likeness (QED) is 0.472. The van der Waals surface area contributed by atoms with Crippen LogP contribution in [-0.2, 0) is 14.2 Å². The van der Waals surface area contributed by atoms with Crippen LogP contribution in [0, 0.1) is 0 Å². The van der Waals surface area contributed by atoms with E-state index in [1.54, 1.807) is 16.8 Å². The molecule has 4 atom stereocenters. The highest BCUT2D eigenvalue weighted by molar-refractivity contribution is 5.84. The van der Waals surface area contributed by atoms with Crippen molar-refractivity contribution in [2.45, 2.75) is 24.4 Å². The van der Waals surface area contributed by atoms with Gasteiger partial charge in [0.05, 0.1) is 13.2 Å². The molecule has 2 fully saturated rings. The minimum Gasteiger partial charge on any atom is -0.441 e. The number of para-hydroxylation sites is 1. The van der Waals surface area contributed by atoms with E-state index < -0.39 is 12.2 Å². The fourth-order valence-corrected chi connectivity index (χ4v) is 4.61. The summed E-state index contributed by atoms with van der Waals surface area (Å²) in [6.07, 6.45) is -1.77. The number of anilines is 1. The fraction of sp³-hybridized carbons (Fsp3) is 0.231. The largest absolute Gasteiger partial charge is 0.441 e. The lowest BCUT2D eigenvalue weighted by atomic mass is 10.0. The van der Waals surface area contributed by atoms with Gasteiger partial charge in [0.25, 0.3) is 0 Å². The van der Waals surface area contributed by atoms with Gasteiger partial charge in [-0.05, 0) is 33.7 Å². The van der Waals surface area contributed by atoms with E-state index in [1.165, 1.54) is 0 Å². The number of rotatable bonds is 5. The van der Waals surface area contributed by atoms with Crippen molar-refractivity contribution in [3.8, 4) is 22.5 Å². The van der Waals surface area contributed by atoms with Gasteiger partial charge < -0.3 is 14.2 Å². The van der Waals surface area contributed by atoms with Crippen molar-refractivity contribution >= 4 is 11.8 Å². The van der Waals surface area contributed by atoms with E-state index in [9.17, 15) is 4.79 Å². The molecule has 0 spiro atoms. The van der Waals surface area contributed by atoms with E-state index in [0.717, 1.165) is 16.7 Å². The molecule has 0 radical (unpaired) electrons. The molecule has 2 aliphatic rings. The molecule has 9 heteroatoms. The van der Waals surface area contributed by atoms with Gasteiger partial charge in [-0.25, -0.2) is 9.48 Å². The Labute approximate surface area is 201 Å². The molecule has 1 aromatic heterocycles. The first-order chi connectivity index (χ1) is 17.3. The van der Waals surface area contributed by atoms with Crippen LogP contribution >= 0.6 is 0 Å². The minimum absolute atomic E-state index is 0.232. The van der Waals surface area contributed by atoms with E-state index in [-0.39, 0.29) is 24.9 Å². The summed E-state index contributed by atoms with van der Waals surface area (Å²) in [5.41, 5.74) is 3.82.